The van der Waals surface area contributed by atoms with E-state index in [-0.39, 0.29) is 18.6 Å². The van der Waals surface area contributed by atoms with Crippen molar-refractivity contribution in [1.29, 1.82) is 0 Å². The number of amides is 5. The number of nitrogens with zero attached hydrogens (tertiary/aromatic N) is 4. The number of rotatable bonds is 11. The van der Waals surface area contributed by atoms with Gasteiger partial charge in [-0.3, -0.25) is 19.5 Å². The first-order valence-corrected chi connectivity index (χ1v) is 18.9. The Morgan fingerprint density at radius 3 is 2.26 bits per heavy atom. The number of carboxylic acids is 1. The molecular formula is C41H46N6O7. The van der Waals surface area contributed by atoms with Crippen LogP contribution in [0.2, 0.25) is 0 Å². The molecular weight excluding hydrogens is 688 g/mol. The van der Waals surface area contributed by atoms with E-state index in [0.717, 1.165) is 70.5 Å². The van der Waals surface area contributed by atoms with E-state index in [1.54, 1.807) is 19.1 Å². The monoisotopic (exact) mass is 734 g/mol. The molecule has 4 aliphatic carbocycles. The van der Waals surface area contributed by atoms with Crippen LogP contribution in [0.25, 0.3) is 10.8 Å². The quantitative estimate of drug-likeness (QED) is 0.231. The number of amidine groups is 1. The van der Waals surface area contributed by atoms with E-state index in [1.807, 2.05) is 54.6 Å². The maximum Gasteiger partial charge on any atom is 0.407 e. The zero-order valence-electron chi connectivity index (χ0n) is 30.6. The van der Waals surface area contributed by atoms with Crippen molar-refractivity contribution in [3.05, 3.63) is 83.4 Å². The smallest absolute Gasteiger partial charge is 0.407 e. The number of aliphatic imine (C=N–C) groups is 1. The lowest BCUT2D eigenvalue weighted by atomic mass is 9.50. The zero-order chi connectivity index (χ0) is 37.8. The number of benzene rings is 3. The summed E-state index contributed by atoms with van der Waals surface area (Å²) >= 11 is 0. The van der Waals surface area contributed by atoms with Gasteiger partial charge in [-0.2, -0.15) is 5.01 Å². The van der Waals surface area contributed by atoms with Crippen LogP contribution in [0.1, 0.15) is 69.1 Å². The van der Waals surface area contributed by atoms with Crippen LogP contribution in [-0.2, 0) is 31.2 Å². The van der Waals surface area contributed by atoms with Crippen molar-refractivity contribution in [2.45, 2.75) is 70.5 Å². The molecule has 2 atom stereocenters. The average Bonchev–Trinajstić information content (AvgIpc) is 3.75. The van der Waals surface area contributed by atoms with Gasteiger partial charge in [0.05, 0.1) is 19.7 Å². The second-order valence-electron chi connectivity index (χ2n) is 16.1. The fraction of sp³-hybridized carbons (Fsp3) is 0.463. The number of imide groups is 1. The molecule has 13 heteroatoms. The first-order chi connectivity index (χ1) is 25.9. The van der Waals surface area contributed by atoms with E-state index in [2.05, 4.69) is 15.6 Å². The highest BCUT2D eigenvalue weighted by molar-refractivity contribution is 6.08. The zero-order valence-corrected chi connectivity index (χ0v) is 30.6. The molecule has 4 saturated carbocycles. The SMILES string of the molecule is CC(=O)N(C[C@H](NC(=O)OCC12CC3CC(CC(C3)C1)C2)C(=O)O)N1C(=O)N(Cc2ccc3ccccc3c2)[C@](C)(c2ccc(C3=NCCN3)cc2)C1=O. The van der Waals surface area contributed by atoms with Gasteiger partial charge in [0.1, 0.15) is 17.4 Å². The van der Waals surface area contributed by atoms with E-state index < -0.39 is 48.0 Å². The Balaban J connectivity index is 1.05. The minimum Gasteiger partial charge on any atom is -0.480 e. The number of urea groups is 1. The van der Waals surface area contributed by atoms with Crippen LogP contribution >= 0.6 is 0 Å². The molecule has 0 unspecified atom stereocenters. The van der Waals surface area contributed by atoms with E-state index >= 15 is 0 Å². The first-order valence-electron chi connectivity index (χ1n) is 18.9. The predicted octanol–water partition coefficient (Wildman–Crippen LogP) is 5.03. The minimum atomic E-state index is -1.67. The van der Waals surface area contributed by atoms with Crippen molar-refractivity contribution < 1.29 is 33.8 Å². The fourth-order valence-corrected chi connectivity index (χ4v) is 10.1. The molecule has 5 fully saturated rings. The van der Waals surface area contributed by atoms with E-state index in [1.165, 1.54) is 24.2 Å². The Bertz CT molecular complexity index is 2010. The highest BCUT2D eigenvalue weighted by Crippen LogP contribution is 2.60. The Morgan fingerprint density at radius 2 is 1.65 bits per heavy atom. The number of hydrazine groups is 1. The van der Waals surface area contributed by atoms with Gasteiger partial charge >= 0.3 is 18.1 Å². The third-order valence-electron chi connectivity index (χ3n) is 12.3. The molecule has 5 amide bonds. The number of carbonyl (C=O) groups excluding carboxylic acids is 4. The van der Waals surface area contributed by atoms with Crippen molar-refractivity contribution in [3.8, 4) is 0 Å². The molecule has 3 aromatic rings. The molecule has 1 saturated heterocycles. The van der Waals surface area contributed by atoms with Gasteiger partial charge in [0.2, 0.25) is 5.91 Å². The maximum atomic E-state index is 14.7. The topological polar surface area (TPSA) is 161 Å². The molecule has 4 bridgehead atoms. The van der Waals surface area contributed by atoms with Gasteiger partial charge in [0, 0.05) is 31.0 Å². The summed E-state index contributed by atoms with van der Waals surface area (Å²) in [5, 5.41) is 19.4. The number of nitrogens with one attached hydrogen (secondary N) is 2. The third kappa shape index (κ3) is 6.43. The van der Waals surface area contributed by atoms with Gasteiger partial charge in [-0.25, -0.2) is 19.4 Å². The molecule has 9 rings (SSSR count). The molecule has 0 aromatic heterocycles. The lowest BCUT2D eigenvalue weighted by Gasteiger charge is -2.56. The van der Waals surface area contributed by atoms with Gasteiger partial charge in [-0.15, -0.1) is 0 Å². The Labute approximate surface area is 313 Å². The summed E-state index contributed by atoms with van der Waals surface area (Å²) in [5.74, 6) is -0.237. The van der Waals surface area contributed by atoms with Crippen molar-refractivity contribution in [1.82, 2.24) is 25.6 Å². The second kappa shape index (κ2) is 13.7. The molecule has 13 nitrogen and oxygen atoms in total. The predicted molar refractivity (Wildman–Crippen MR) is 199 cm³/mol. The number of aliphatic carboxylic acids is 1. The molecule has 3 aromatic carbocycles. The van der Waals surface area contributed by atoms with Crippen molar-refractivity contribution in [2.75, 3.05) is 26.2 Å². The summed E-state index contributed by atoms with van der Waals surface area (Å²) in [4.78, 5) is 74.1. The molecule has 0 spiro atoms. The molecule has 0 radical (unpaired) electrons. The lowest BCUT2D eigenvalue weighted by molar-refractivity contribution is -0.158. The third-order valence-corrected chi connectivity index (χ3v) is 12.3. The average molecular weight is 735 g/mol. The summed E-state index contributed by atoms with van der Waals surface area (Å²) in [6, 6.07) is 18.3. The minimum absolute atomic E-state index is 0.0153. The van der Waals surface area contributed by atoms with Crippen LogP contribution in [0.15, 0.2) is 71.7 Å². The van der Waals surface area contributed by atoms with Gasteiger partial charge in [0.15, 0.2) is 0 Å². The van der Waals surface area contributed by atoms with Gasteiger partial charge in [0.25, 0.3) is 5.91 Å². The van der Waals surface area contributed by atoms with Crippen LogP contribution in [0.5, 0.6) is 0 Å². The van der Waals surface area contributed by atoms with Gasteiger partial charge < -0.3 is 20.5 Å². The highest BCUT2D eigenvalue weighted by Gasteiger charge is 2.58. The number of carboxylic acid groups (broad SMARTS) is 1. The summed E-state index contributed by atoms with van der Waals surface area (Å²) in [5.41, 5.74) is 0.401. The fourth-order valence-electron chi connectivity index (χ4n) is 10.1. The van der Waals surface area contributed by atoms with Crippen molar-refractivity contribution in [2.24, 2.45) is 28.2 Å². The van der Waals surface area contributed by atoms with Crippen LogP contribution in [-0.4, -0.2) is 88.1 Å². The van der Waals surface area contributed by atoms with Crippen LogP contribution in [0.4, 0.5) is 9.59 Å². The lowest BCUT2D eigenvalue weighted by Crippen LogP contribution is -2.57. The molecule has 282 valence electrons. The van der Waals surface area contributed by atoms with E-state index in [0.29, 0.717) is 29.9 Å². The summed E-state index contributed by atoms with van der Waals surface area (Å²) < 4.78 is 5.68. The first kappa shape index (κ1) is 35.6. The van der Waals surface area contributed by atoms with E-state index in [9.17, 15) is 29.1 Å². The standard InChI is InChI=1S/C41H46N6O7/c1-25(48)46(23-34(36(49)50)44-38(52)54-24-41-19-27-15-28(20-41)17-29(16-27)21-41)47-37(51)40(2,33-11-9-31(10-12-33)35-42-13-14-43-35)45(39(47)53)22-26-7-8-30-5-3-4-6-32(30)18-26/h3-12,18,27-29,34H,13-17,19-24H2,1-2H3,(H,42,43)(H,44,52)(H,49,50)/t27?,28?,29?,34-,40+,41?/m0/s1. The molecule has 3 N–H and O–H groups in total. The number of fused-ring (bicyclic) bond motifs is 1. The maximum absolute atomic E-state index is 14.7. The van der Waals surface area contributed by atoms with Gasteiger partial charge in [-0.05, 0) is 91.2 Å². The van der Waals surface area contributed by atoms with Crippen molar-refractivity contribution in [3.63, 3.8) is 0 Å². The van der Waals surface area contributed by atoms with E-state index in [4.69, 9.17) is 4.74 Å². The Kier molecular flexibility index (Phi) is 9.06. The normalized spacial score (nSPS) is 27.5. The molecule has 54 heavy (non-hydrogen) atoms. The van der Waals surface area contributed by atoms with Crippen LogP contribution in [0, 0.1) is 23.2 Å². The number of carbonyl (C=O) groups is 5. The molecule has 2 heterocycles. The largest absolute Gasteiger partial charge is 0.480 e. The van der Waals surface area contributed by atoms with Gasteiger partial charge in [-0.1, -0.05) is 60.7 Å². The summed E-state index contributed by atoms with van der Waals surface area (Å²) in [6.45, 7) is 3.70. The number of hydrogen-bond donors (Lipinski definition) is 3. The van der Waals surface area contributed by atoms with Crippen LogP contribution in [0.3, 0.4) is 0 Å². The Morgan fingerprint density at radius 1 is 0.981 bits per heavy atom. The molecule has 2 aliphatic heterocycles. The van der Waals surface area contributed by atoms with Crippen molar-refractivity contribution >= 4 is 46.5 Å². The highest BCUT2D eigenvalue weighted by atomic mass is 16.5. The summed E-state index contributed by atoms with van der Waals surface area (Å²) in [7, 11) is 0. The van der Waals surface area contributed by atoms with Crippen LogP contribution < -0.4 is 10.6 Å². The Hall–Kier alpha value is -5.46. The molecule has 6 aliphatic rings. The second-order valence-corrected chi connectivity index (χ2v) is 16.1. The summed E-state index contributed by atoms with van der Waals surface area (Å²) in [6.07, 6.45) is 5.82. The number of hydrogen-bond acceptors (Lipinski definition) is 8. The number of ether oxygens (including phenoxy) is 1. The number of alkyl carbamates (subject to hydrolysis) is 1.